The minimum atomic E-state index is -4.36. The summed E-state index contributed by atoms with van der Waals surface area (Å²) in [6, 6.07) is 4.91. The van der Waals surface area contributed by atoms with Crippen LogP contribution in [0.3, 0.4) is 0 Å². The molecule has 0 saturated carbocycles. The number of nitro groups is 1. The number of nitrogens with zero attached hydrogens (tertiary/aromatic N) is 4. The quantitative estimate of drug-likeness (QED) is 0.281. The maximum atomic E-state index is 12.6. The van der Waals surface area contributed by atoms with Crippen molar-refractivity contribution in [2.75, 3.05) is 19.6 Å². The van der Waals surface area contributed by atoms with Gasteiger partial charge in [-0.2, -0.15) is 13.2 Å². The van der Waals surface area contributed by atoms with Crippen molar-refractivity contribution < 1.29 is 27.9 Å². The van der Waals surface area contributed by atoms with E-state index in [-0.39, 0.29) is 25.7 Å². The first-order chi connectivity index (χ1) is 14.9. The van der Waals surface area contributed by atoms with Crippen LogP contribution in [0.2, 0.25) is 0 Å². The first-order valence-corrected chi connectivity index (χ1v) is 10.4. The Morgan fingerprint density at radius 3 is 2.47 bits per heavy atom. The van der Waals surface area contributed by atoms with Gasteiger partial charge in [0.25, 0.3) is 0 Å². The fourth-order valence-electron chi connectivity index (χ4n) is 3.82. The number of aliphatic hydroxyl groups is 1. The van der Waals surface area contributed by atoms with Crippen molar-refractivity contribution in [2.24, 2.45) is 9.98 Å². The molecule has 0 radical (unpaired) electrons. The van der Waals surface area contributed by atoms with Crippen LogP contribution in [0.1, 0.15) is 37.3 Å². The first kappa shape index (κ1) is 24.6. The predicted octanol–water partition coefficient (Wildman–Crippen LogP) is 3.48. The second-order valence-corrected chi connectivity index (χ2v) is 8.96. The average Bonchev–Trinajstić information content (AvgIpc) is 3.08. The van der Waals surface area contributed by atoms with Crippen molar-refractivity contribution in [3.05, 3.63) is 45.5 Å². The van der Waals surface area contributed by atoms with Gasteiger partial charge in [-0.05, 0) is 59.0 Å². The lowest BCUT2D eigenvalue weighted by atomic mass is 9.97. The third-order valence-electron chi connectivity index (χ3n) is 5.32. The van der Waals surface area contributed by atoms with Crippen molar-refractivity contribution in [1.82, 2.24) is 4.90 Å². The van der Waals surface area contributed by atoms with Crippen molar-refractivity contribution in [3.8, 4) is 0 Å². The Hall–Kier alpha value is -2.08. The molecule has 1 saturated heterocycles. The first-order valence-electron chi connectivity index (χ1n) is 10.1. The Balaban J connectivity index is 1.43. The molecule has 32 heavy (non-hydrogen) atoms. The molecule has 2 aliphatic heterocycles. The number of alkyl halides is 4. The second kappa shape index (κ2) is 9.42. The molecule has 2 aliphatic rings. The molecule has 2 atom stereocenters. The van der Waals surface area contributed by atoms with Gasteiger partial charge in [-0.3, -0.25) is 0 Å². The highest BCUT2D eigenvalue weighted by Gasteiger charge is 2.45. The van der Waals surface area contributed by atoms with Gasteiger partial charge in [0.05, 0.1) is 30.3 Å². The van der Waals surface area contributed by atoms with Gasteiger partial charge >= 0.3 is 17.1 Å². The van der Waals surface area contributed by atoms with Crippen LogP contribution >= 0.6 is 11.6 Å². The summed E-state index contributed by atoms with van der Waals surface area (Å²) in [5.41, 5.74) is -1.30. The lowest BCUT2D eigenvalue weighted by Crippen LogP contribution is -2.47. The van der Waals surface area contributed by atoms with Crippen LogP contribution in [0.4, 0.5) is 13.2 Å². The number of β-amino-alcohol motifs (C(OH)–C–C–N with tert-alkyl or cyclic N) is 1. The summed E-state index contributed by atoms with van der Waals surface area (Å²) in [6.07, 6.45) is -2.09. The summed E-state index contributed by atoms with van der Waals surface area (Å²) in [5.74, 6) is -0.443. The molecule has 0 spiro atoms. The standard InChI is InChI=1S/C20H24ClF3N4O4/c1-18(29,12-19(21)25-10-17(26-19)28(30)31)13-27-8-6-16(7-9-27)32-11-14-2-4-15(5-3-14)20(22,23)24/h2-5,10,16,29H,6-9,11-13H2,1H3. The summed E-state index contributed by atoms with van der Waals surface area (Å²) in [6.45, 7) is 3.39. The van der Waals surface area contributed by atoms with Gasteiger partial charge < -0.3 is 24.9 Å². The van der Waals surface area contributed by atoms with Gasteiger partial charge in [0.15, 0.2) is 0 Å². The number of ether oxygens (including phenoxy) is 1. The minimum absolute atomic E-state index is 0.0375. The molecule has 12 heteroatoms. The van der Waals surface area contributed by atoms with E-state index < -0.39 is 33.2 Å². The van der Waals surface area contributed by atoms with Crippen LogP contribution in [0, 0.1) is 10.1 Å². The Morgan fingerprint density at radius 2 is 1.94 bits per heavy atom. The molecule has 1 aromatic rings. The molecule has 2 heterocycles. The number of amidine groups is 1. The number of hydrogen-bond donors (Lipinski definition) is 1. The molecule has 0 aromatic heterocycles. The predicted molar refractivity (Wildman–Crippen MR) is 112 cm³/mol. The highest BCUT2D eigenvalue weighted by molar-refractivity contribution is 6.33. The molecule has 8 nitrogen and oxygen atoms in total. The van der Waals surface area contributed by atoms with Crippen molar-refractivity contribution in [3.63, 3.8) is 0 Å². The molecule has 2 unspecified atom stereocenters. The van der Waals surface area contributed by atoms with E-state index in [2.05, 4.69) is 9.98 Å². The summed E-state index contributed by atoms with van der Waals surface area (Å²) in [5, 5.41) is 20.0. The lowest BCUT2D eigenvalue weighted by molar-refractivity contribution is -0.345. The lowest BCUT2D eigenvalue weighted by Gasteiger charge is -2.37. The van der Waals surface area contributed by atoms with Crippen LogP contribution in [-0.2, 0) is 17.5 Å². The van der Waals surface area contributed by atoms with Gasteiger partial charge in [0.2, 0.25) is 0 Å². The molecule has 3 rings (SSSR count). The zero-order chi connectivity index (χ0) is 23.6. The highest BCUT2D eigenvalue weighted by Crippen LogP contribution is 2.33. The second-order valence-electron chi connectivity index (χ2n) is 8.36. The van der Waals surface area contributed by atoms with Crippen LogP contribution in [0.25, 0.3) is 0 Å². The Morgan fingerprint density at radius 1 is 1.31 bits per heavy atom. The number of likely N-dealkylation sites (tertiary alicyclic amines) is 1. The van der Waals surface area contributed by atoms with Crippen LogP contribution in [0.5, 0.6) is 0 Å². The molecule has 1 aromatic carbocycles. The topological polar surface area (TPSA) is 101 Å². The van der Waals surface area contributed by atoms with E-state index in [1.807, 2.05) is 4.90 Å². The zero-order valence-electron chi connectivity index (χ0n) is 17.4. The largest absolute Gasteiger partial charge is 0.416 e. The van der Waals surface area contributed by atoms with Gasteiger partial charge in [-0.25, -0.2) is 4.99 Å². The minimum Gasteiger partial charge on any atom is -0.389 e. The molecule has 0 aliphatic carbocycles. The summed E-state index contributed by atoms with van der Waals surface area (Å²) in [7, 11) is 0. The maximum absolute atomic E-state index is 12.6. The van der Waals surface area contributed by atoms with Crippen molar-refractivity contribution >= 4 is 23.7 Å². The normalized spacial score (nSPS) is 24.4. The van der Waals surface area contributed by atoms with Gasteiger partial charge in [-0.1, -0.05) is 12.1 Å². The summed E-state index contributed by atoms with van der Waals surface area (Å²) >= 11 is 6.22. The van der Waals surface area contributed by atoms with Crippen LogP contribution in [-0.4, -0.2) is 63.4 Å². The average molecular weight is 477 g/mol. The van der Waals surface area contributed by atoms with Crippen molar-refractivity contribution in [1.29, 1.82) is 0 Å². The summed E-state index contributed by atoms with van der Waals surface area (Å²) < 4.78 is 43.7. The third kappa shape index (κ3) is 6.71. The molecule has 1 N–H and O–H groups in total. The van der Waals surface area contributed by atoms with E-state index in [0.717, 1.165) is 18.3 Å². The van der Waals surface area contributed by atoms with Crippen molar-refractivity contribution in [2.45, 2.75) is 55.8 Å². The van der Waals surface area contributed by atoms with E-state index in [1.165, 1.54) is 12.1 Å². The third-order valence-corrected chi connectivity index (χ3v) is 5.64. The fraction of sp³-hybridized carbons (Fsp3) is 0.600. The van der Waals surface area contributed by atoms with Crippen LogP contribution < -0.4 is 0 Å². The zero-order valence-corrected chi connectivity index (χ0v) is 18.1. The number of piperidine rings is 1. The van der Waals surface area contributed by atoms with E-state index in [0.29, 0.717) is 31.5 Å². The Labute approximate surface area is 187 Å². The fourth-order valence-corrected chi connectivity index (χ4v) is 4.25. The monoisotopic (exact) mass is 476 g/mol. The van der Waals surface area contributed by atoms with Crippen LogP contribution in [0.15, 0.2) is 34.3 Å². The SMILES string of the molecule is CC(O)(CN1CCC(OCc2ccc(C(F)(F)F)cc2)CC1)CC1(Cl)N=CC([N+](=O)[O-])=N1. The van der Waals surface area contributed by atoms with E-state index in [4.69, 9.17) is 16.3 Å². The number of halogens is 4. The molecule has 0 amide bonds. The molecule has 176 valence electrons. The molecule has 1 fully saturated rings. The molecule has 0 bridgehead atoms. The van der Waals surface area contributed by atoms with E-state index in [9.17, 15) is 28.4 Å². The number of aliphatic imine (C=N–C) groups is 2. The number of hydrogen-bond acceptors (Lipinski definition) is 7. The Kier molecular flexibility index (Phi) is 7.23. The maximum Gasteiger partial charge on any atom is 0.416 e. The summed E-state index contributed by atoms with van der Waals surface area (Å²) in [4.78, 5) is 19.8. The number of benzene rings is 1. The van der Waals surface area contributed by atoms with E-state index >= 15 is 0 Å². The highest BCUT2D eigenvalue weighted by atomic mass is 35.5. The van der Waals surface area contributed by atoms with Gasteiger partial charge in [-0.15, -0.1) is 0 Å². The van der Waals surface area contributed by atoms with E-state index in [1.54, 1.807) is 6.92 Å². The van der Waals surface area contributed by atoms with Gasteiger partial charge in [0.1, 0.15) is 6.21 Å². The van der Waals surface area contributed by atoms with Gasteiger partial charge in [0, 0.05) is 19.6 Å². The number of rotatable bonds is 7. The molecular weight excluding hydrogens is 453 g/mol. The smallest absolute Gasteiger partial charge is 0.389 e. The molecular formula is C20H24ClF3N4O4. The Bertz CT molecular complexity index is 884.